The van der Waals surface area contributed by atoms with Gasteiger partial charge in [0.25, 0.3) is 0 Å². The van der Waals surface area contributed by atoms with Crippen molar-refractivity contribution in [2.75, 3.05) is 5.73 Å². The molecule has 0 unspecified atom stereocenters. The van der Waals surface area contributed by atoms with Gasteiger partial charge in [0, 0.05) is 6.20 Å². The van der Waals surface area contributed by atoms with Crippen LogP contribution in [0.2, 0.25) is 0 Å². The van der Waals surface area contributed by atoms with Crippen molar-refractivity contribution in [1.82, 2.24) is 4.98 Å². The first-order chi connectivity index (χ1) is 6.19. The minimum atomic E-state index is 0.621. The number of nitrogen functional groups attached to an aromatic ring is 1. The first-order valence-electron chi connectivity index (χ1n) is 4.56. The minimum Gasteiger partial charge on any atom is -0.383 e. The largest absolute Gasteiger partial charge is 0.383 e. The average molecular weight is 176 g/mol. The van der Waals surface area contributed by atoms with Gasteiger partial charge in [-0.1, -0.05) is 13.0 Å². The van der Waals surface area contributed by atoms with Crippen molar-refractivity contribution in [3.63, 3.8) is 0 Å². The molecular weight excluding hydrogens is 160 g/mol. The van der Waals surface area contributed by atoms with E-state index < -0.39 is 0 Å². The zero-order valence-corrected chi connectivity index (χ0v) is 8.46. The normalized spacial score (nSPS) is 11.8. The Morgan fingerprint density at radius 3 is 2.77 bits per heavy atom. The molecule has 0 spiro atoms. The molecule has 1 aromatic heterocycles. The number of allylic oxidation sites excluding steroid dienone is 2. The van der Waals surface area contributed by atoms with E-state index in [9.17, 15) is 0 Å². The summed E-state index contributed by atoms with van der Waals surface area (Å²) in [6.07, 6.45) is 4.98. The second-order valence-corrected chi connectivity index (χ2v) is 3.09. The van der Waals surface area contributed by atoms with Gasteiger partial charge in [-0.2, -0.15) is 0 Å². The maximum atomic E-state index is 5.64. The smallest absolute Gasteiger partial charge is 0.126 e. The molecule has 70 valence electrons. The van der Waals surface area contributed by atoms with Crippen molar-refractivity contribution in [2.24, 2.45) is 0 Å². The Labute approximate surface area is 79.5 Å². The van der Waals surface area contributed by atoms with Gasteiger partial charge < -0.3 is 5.73 Å². The quantitative estimate of drug-likeness (QED) is 0.752. The molecule has 0 atom stereocenters. The van der Waals surface area contributed by atoms with E-state index in [0.29, 0.717) is 5.82 Å². The zero-order chi connectivity index (χ0) is 9.84. The van der Waals surface area contributed by atoms with Crippen molar-refractivity contribution >= 4 is 11.4 Å². The minimum absolute atomic E-state index is 0.621. The molecule has 1 heterocycles. The van der Waals surface area contributed by atoms with Gasteiger partial charge in [-0.15, -0.1) is 0 Å². The average Bonchev–Trinajstić information content (AvgIpc) is 2.13. The second kappa shape index (κ2) is 4.08. The number of nitrogens with two attached hydrogens (primary N) is 1. The van der Waals surface area contributed by atoms with Crippen LogP contribution in [0, 0.1) is 6.92 Å². The highest BCUT2D eigenvalue weighted by Gasteiger charge is 2.00. The Bertz CT molecular complexity index is 327. The summed E-state index contributed by atoms with van der Waals surface area (Å²) in [4.78, 5) is 4.13. The Morgan fingerprint density at radius 2 is 2.31 bits per heavy atom. The Balaban J connectivity index is 3.10. The lowest BCUT2D eigenvalue weighted by Crippen LogP contribution is -1.95. The van der Waals surface area contributed by atoms with Crippen LogP contribution in [0.5, 0.6) is 0 Å². The summed E-state index contributed by atoms with van der Waals surface area (Å²) in [5.41, 5.74) is 9.18. The van der Waals surface area contributed by atoms with Gasteiger partial charge in [-0.25, -0.2) is 4.98 Å². The zero-order valence-electron chi connectivity index (χ0n) is 8.46. The molecule has 0 aliphatic carbocycles. The molecule has 0 radical (unpaired) electrons. The van der Waals surface area contributed by atoms with E-state index in [1.807, 2.05) is 20.0 Å². The highest BCUT2D eigenvalue weighted by atomic mass is 14.8. The summed E-state index contributed by atoms with van der Waals surface area (Å²) in [5.74, 6) is 0.621. The van der Waals surface area contributed by atoms with Gasteiger partial charge in [0.2, 0.25) is 0 Å². The fraction of sp³-hybridized carbons (Fsp3) is 0.364. The van der Waals surface area contributed by atoms with Gasteiger partial charge in [0.15, 0.2) is 0 Å². The number of rotatable bonds is 2. The number of aryl methyl sites for hydroxylation is 1. The van der Waals surface area contributed by atoms with Crippen LogP contribution in [0.25, 0.3) is 5.57 Å². The monoisotopic (exact) mass is 176 g/mol. The Morgan fingerprint density at radius 1 is 1.62 bits per heavy atom. The van der Waals surface area contributed by atoms with Crippen molar-refractivity contribution in [1.29, 1.82) is 0 Å². The summed E-state index contributed by atoms with van der Waals surface area (Å²) < 4.78 is 0. The van der Waals surface area contributed by atoms with Crippen molar-refractivity contribution < 1.29 is 0 Å². The molecule has 0 aliphatic heterocycles. The summed E-state index contributed by atoms with van der Waals surface area (Å²) in [7, 11) is 0. The molecule has 0 saturated carbocycles. The third-order valence-electron chi connectivity index (χ3n) is 2.22. The third kappa shape index (κ3) is 2.08. The molecule has 2 heteroatoms. The van der Waals surface area contributed by atoms with Crippen LogP contribution in [-0.4, -0.2) is 4.98 Å². The van der Waals surface area contributed by atoms with Crippen molar-refractivity contribution in [2.45, 2.75) is 27.2 Å². The maximum absolute atomic E-state index is 5.64. The van der Waals surface area contributed by atoms with E-state index in [4.69, 9.17) is 5.73 Å². The first kappa shape index (κ1) is 9.78. The SMILES string of the molecule is C/C=C(/CC)c1cnc(N)c(C)c1. The lowest BCUT2D eigenvalue weighted by Gasteiger charge is -2.06. The van der Waals surface area contributed by atoms with Crippen LogP contribution >= 0.6 is 0 Å². The molecule has 13 heavy (non-hydrogen) atoms. The number of hydrogen-bond donors (Lipinski definition) is 1. The van der Waals surface area contributed by atoms with E-state index in [-0.39, 0.29) is 0 Å². The van der Waals surface area contributed by atoms with E-state index in [2.05, 4.69) is 24.1 Å². The van der Waals surface area contributed by atoms with Crippen LogP contribution < -0.4 is 5.73 Å². The van der Waals surface area contributed by atoms with E-state index in [1.54, 1.807) is 0 Å². The van der Waals surface area contributed by atoms with Gasteiger partial charge in [0.05, 0.1) is 0 Å². The molecule has 1 aromatic rings. The van der Waals surface area contributed by atoms with Gasteiger partial charge in [-0.3, -0.25) is 0 Å². The molecule has 0 aliphatic rings. The first-order valence-corrected chi connectivity index (χ1v) is 4.56. The second-order valence-electron chi connectivity index (χ2n) is 3.09. The molecule has 0 amide bonds. The summed E-state index contributed by atoms with van der Waals surface area (Å²) in [6.45, 7) is 6.17. The molecule has 2 N–H and O–H groups in total. The lowest BCUT2D eigenvalue weighted by atomic mass is 10.0. The van der Waals surface area contributed by atoms with Crippen LogP contribution in [0.15, 0.2) is 18.3 Å². The Kier molecular flexibility index (Phi) is 3.07. The Hall–Kier alpha value is -1.31. The standard InChI is InChI=1S/C11H16N2/c1-4-9(5-2)10-6-8(3)11(12)13-7-10/h4,6-7H,5H2,1-3H3,(H2,12,13)/b9-4-. The predicted octanol–water partition coefficient (Wildman–Crippen LogP) is 2.79. The van der Waals surface area contributed by atoms with Gasteiger partial charge in [-0.05, 0) is 43.0 Å². The number of nitrogens with zero attached hydrogens (tertiary/aromatic N) is 1. The summed E-state index contributed by atoms with van der Waals surface area (Å²) in [5, 5.41) is 0. The highest BCUT2D eigenvalue weighted by Crippen LogP contribution is 2.19. The van der Waals surface area contributed by atoms with Crippen molar-refractivity contribution in [3.05, 3.63) is 29.5 Å². The molecule has 0 bridgehead atoms. The molecule has 2 nitrogen and oxygen atoms in total. The van der Waals surface area contributed by atoms with Crippen LogP contribution in [0.4, 0.5) is 5.82 Å². The number of hydrogen-bond acceptors (Lipinski definition) is 2. The number of aromatic nitrogens is 1. The van der Waals surface area contributed by atoms with E-state index >= 15 is 0 Å². The van der Waals surface area contributed by atoms with Crippen LogP contribution in [-0.2, 0) is 0 Å². The third-order valence-corrected chi connectivity index (χ3v) is 2.22. The maximum Gasteiger partial charge on any atom is 0.126 e. The topological polar surface area (TPSA) is 38.9 Å². The molecule has 0 saturated heterocycles. The van der Waals surface area contributed by atoms with E-state index in [1.165, 1.54) is 11.1 Å². The van der Waals surface area contributed by atoms with E-state index in [0.717, 1.165) is 12.0 Å². The molecule has 0 fully saturated rings. The van der Waals surface area contributed by atoms with Crippen molar-refractivity contribution in [3.8, 4) is 0 Å². The number of anilines is 1. The van der Waals surface area contributed by atoms with Gasteiger partial charge in [0.1, 0.15) is 5.82 Å². The lowest BCUT2D eigenvalue weighted by molar-refractivity contribution is 1.20. The molecular formula is C11H16N2. The predicted molar refractivity (Wildman–Crippen MR) is 57.3 cm³/mol. The fourth-order valence-electron chi connectivity index (χ4n) is 1.34. The van der Waals surface area contributed by atoms with Crippen LogP contribution in [0.3, 0.4) is 0 Å². The highest BCUT2D eigenvalue weighted by molar-refractivity contribution is 5.66. The van der Waals surface area contributed by atoms with Crippen LogP contribution in [0.1, 0.15) is 31.4 Å². The summed E-state index contributed by atoms with van der Waals surface area (Å²) >= 11 is 0. The van der Waals surface area contributed by atoms with Gasteiger partial charge >= 0.3 is 0 Å². The fourth-order valence-corrected chi connectivity index (χ4v) is 1.34. The number of pyridine rings is 1. The molecule has 1 rings (SSSR count). The molecule has 0 aromatic carbocycles. The summed E-state index contributed by atoms with van der Waals surface area (Å²) in [6, 6.07) is 2.08.